The number of aromatic nitrogens is 2. The molecule has 1 aliphatic rings. The van der Waals surface area contributed by atoms with Gasteiger partial charge >= 0.3 is 0 Å². The second-order valence-corrected chi connectivity index (χ2v) is 7.12. The highest BCUT2D eigenvalue weighted by atomic mass is 19.1. The fourth-order valence-corrected chi connectivity index (χ4v) is 3.65. The number of pyridine rings is 1. The van der Waals surface area contributed by atoms with E-state index < -0.39 is 23.1 Å². The molecule has 6 nitrogen and oxygen atoms in total. The van der Waals surface area contributed by atoms with Crippen LogP contribution >= 0.6 is 0 Å². The van der Waals surface area contributed by atoms with E-state index in [0.29, 0.717) is 5.65 Å². The molecular formula is C21H20F2N4O2. The molecule has 0 saturated heterocycles. The summed E-state index contributed by atoms with van der Waals surface area (Å²) in [5, 5.41) is 5.47. The van der Waals surface area contributed by atoms with Gasteiger partial charge in [0.15, 0.2) is 11.5 Å². The number of hydrogen-bond donors (Lipinski definition) is 2. The zero-order valence-electron chi connectivity index (χ0n) is 15.6. The first kappa shape index (κ1) is 19.0. The van der Waals surface area contributed by atoms with Gasteiger partial charge in [0, 0.05) is 12.2 Å². The third kappa shape index (κ3) is 3.96. The third-order valence-corrected chi connectivity index (χ3v) is 5.09. The van der Waals surface area contributed by atoms with Crippen LogP contribution in [0.3, 0.4) is 0 Å². The van der Waals surface area contributed by atoms with Gasteiger partial charge in [-0.15, -0.1) is 0 Å². The minimum Gasteiger partial charge on any atom is -0.348 e. The molecule has 0 spiro atoms. The monoisotopic (exact) mass is 398 g/mol. The topological polar surface area (TPSA) is 75.5 Å². The van der Waals surface area contributed by atoms with E-state index in [9.17, 15) is 18.4 Å². The zero-order chi connectivity index (χ0) is 20.4. The predicted octanol–water partition coefficient (Wildman–Crippen LogP) is 3.93. The lowest BCUT2D eigenvalue weighted by Gasteiger charge is -2.22. The van der Waals surface area contributed by atoms with Crippen LogP contribution in [0.25, 0.3) is 5.65 Å². The summed E-state index contributed by atoms with van der Waals surface area (Å²) < 4.78 is 29.0. The number of amides is 2. The van der Waals surface area contributed by atoms with Gasteiger partial charge in [-0.05, 0) is 43.2 Å². The fraction of sp³-hybridized carbons (Fsp3) is 0.286. The van der Waals surface area contributed by atoms with Gasteiger partial charge in [-0.3, -0.25) is 14.0 Å². The van der Waals surface area contributed by atoms with Crippen LogP contribution in [0.5, 0.6) is 0 Å². The quantitative estimate of drug-likeness (QED) is 0.699. The van der Waals surface area contributed by atoms with Crippen LogP contribution in [0, 0.1) is 11.6 Å². The largest absolute Gasteiger partial charge is 0.348 e. The summed E-state index contributed by atoms with van der Waals surface area (Å²) >= 11 is 0. The van der Waals surface area contributed by atoms with Crippen molar-refractivity contribution in [2.75, 3.05) is 5.32 Å². The van der Waals surface area contributed by atoms with Crippen molar-refractivity contribution < 1.29 is 18.4 Å². The molecule has 0 aliphatic heterocycles. The fourth-order valence-electron chi connectivity index (χ4n) is 3.65. The van der Waals surface area contributed by atoms with Crippen molar-refractivity contribution in [2.24, 2.45) is 0 Å². The molecule has 1 saturated carbocycles. The summed E-state index contributed by atoms with van der Waals surface area (Å²) in [6.45, 7) is 0. The van der Waals surface area contributed by atoms with E-state index in [1.807, 2.05) is 0 Å². The van der Waals surface area contributed by atoms with Gasteiger partial charge in [-0.2, -0.15) is 0 Å². The van der Waals surface area contributed by atoms with Crippen molar-refractivity contribution in [3.63, 3.8) is 0 Å². The van der Waals surface area contributed by atoms with Crippen molar-refractivity contribution in [1.82, 2.24) is 14.7 Å². The average molecular weight is 398 g/mol. The predicted molar refractivity (Wildman–Crippen MR) is 104 cm³/mol. The summed E-state index contributed by atoms with van der Waals surface area (Å²) in [7, 11) is 0. The minimum atomic E-state index is -0.878. The number of nitrogens with one attached hydrogen (secondary N) is 2. The number of anilines is 1. The van der Waals surface area contributed by atoms with Gasteiger partial charge in [0.25, 0.3) is 11.8 Å². The van der Waals surface area contributed by atoms with E-state index in [4.69, 9.17) is 0 Å². The molecule has 0 atom stereocenters. The van der Waals surface area contributed by atoms with Crippen molar-refractivity contribution in [3.05, 3.63) is 65.5 Å². The Hall–Kier alpha value is -3.29. The number of carbonyl (C=O) groups is 2. The molecule has 150 valence electrons. The maximum absolute atomic E-state index is 14.0. The molecule has 1 aliphatic carbocycles. The van der Waals surface area contributed by atoms with Gasteiger partial charge in [0.05, 0.1) is 5.56 Å². The summed E-state index contributed by atoms with van der Waals surface area (Å²) in [5.41, 5.74) is 0.147. The van der Waals surface area contributed by atoms with Crippen LogP contribution in [0.4, 0.5) is 14.6 Å². The average Bonchev–Trinajstić information content (AvgIpc) is 3.08. The molecule has 2 amide bonds. The molecule has 8 heteroatoms. The molecule has 1 fully saturated rings. The van der Waals surface area contributed by atoms with Crippen LogP contribution in [-0.2, 0) is 0 Å². The zero-order valence-corrected chi connectivity index (χ0v) is 15.6. The first-order chi connectivity index (χ1) is 14.0. The number of hydrogen-bond acceptors (Lipinski definition) is 3. The molecular weight excluding hydrogens is 378 g/mol. The first-order valence-corrected chi connectivity index (χ1v) is 9.57. The lowest BCUT2D eigenvalue weighted by molar-refractivity contribution is 0.0922. The normalized spacial score (nSPS) is 14.7. The van der Waals surface area contributed by atoms with Crippen molar-refractivity contribution in [1.29, 1.82) is 0 Å². The molecule has 3 aromatic rings. The number of carbonyl (C=O) groups excluding carboxylic acids is 2. The van der Waals surface area contributed by atoms with Crippen molar-refractivity contribution in [2.45, 2.75) is 38.1 Å². The Bertz CT molecular complexity index is 1070. The Morgan fingerprint density at radius 2 is 1.83 bits per heavy atom. The van der Waals surface area contributed by atoms with E-state index in [1.54, 1.807) is 28.8 Å². The summed E-state index contributed by atoms with van der Waals surface area (Å²) in [6, 6.07) is 7.87. The Labute approximate surface area is 165 Å². The molecule has 0 bridgehead atoms. The van der Waals surface area contributed by atoms with E-state index in [2.05, 4.69) is 15.6 Å². The Balaban J connectivity index is 1.66. The second-order valence-electron chi connectivity index (χ2n) is 7.12. The highest BCUT2D eigenvalue weighted by Gasteiger charge is 2.25. The van der Waals surface area contributed by atoms with Gasteiger partial charge in [-0.25, -0.2) is 13.8 Å². The van der Waals surface area contributed by atoms with Crippen LogP contribution in [0.15, 0.2) is 42.6 Å². The Morgan fingerprint density at radius 1 is 1.03 bits per heavy atom. The number of benzene rings is 1. The van der Waals surface area contributed by atoms with Gasteiger partial charge in [-0.1, -0.05) is 25.3 Å². The van der Waals surface area contributed by atoms with E-state index in [0.717, 1.165) is 50.3 Å². The molecule has 0 unspecified atom stereocenters. The van der Waals surface area contributed by atoms with Crippen LogP contribution in [0.2, 0.25) is 0 Å². The number of rotatable bonds is 4. The lowest BCUT2D eigenvalue weighted by atomic mass is 9.95. The van der Waals surface area contributed by atoms with E-state index in [1.165, 1.54) is 0 Å². The van der Waals surface area contributed by atoms with Crippen molar-refractivity contribution in [3.8, 4) is 0 Å². The highest BCUT2D eigenvalue weighted by Crippen LogP contribution is 2.22. The SMILES string of the molecule is O=C(Nc1nc2ccccn2c1C(=O)NC1CCCCC1)c1cc(F)ccc1F. The van der Waals surface area contributed by atoms with Gasteiger partial charge < -0.3 is 10.6 Å². The number of imidazole rings is 1. The third-order valence-electron chi connectivity index (χ3n) is 5.09. The minimum absolute atomic E-state index is 0.00169. The van der Waals surface area contributed by atoms with Gasteiger partial charge in [0.1, 0.15) is 17.3 Å². The second kappa shape index (κ2) is 7.98. The van der Waals surface area contributed by atoms with Crippen LogP contribution < -0.4 is 10.6 Å². The highest BCUT2D eigenvalue weighted by molar-refractivity contribution is 6.08. The van der Waals surface area contributed by atoms with Crippen LogP contribution in [-0.4, -0.2) is 27.2 Å². The Morgan fingerprint density at radius 3 is 2.62 bits per heavy atom. The number of fused-ring (bicyclic) bond motifs is 1. The standard InChI is InChI=1S/C21H20F2N4O2/c22-13-9-10-16(23)15(12-13)20(28)26-19-18(27-11-5-4-8-17(27)25-19)21(29)24-14-6-2-1-3-7-14/h4-5,8-12,14H,1-3,6-7H2,(H,24,29)(H,26,28). The summed E-state index contributed by atoms with van der Waals surface area (Å²) in [6.07, 6.45) is 6.73. The van der Waals surface area contributed by atoms with Gasteiger partial charge in [0.2, 0.25) is 0 Å². The first-order valence-electron chi connectivity index (χ1n) is 9.57. The smallest absolute Gasteiger partial charge is 0.272 e. The number of halogens is 2. The maximum Gasteiger partial charge on any atom is 0.272 e. The molecule has 2 N–H and O–H groups in total. The Kier molecular flexibility index (Phi) is 5.24. The lowest BCUT2D eigenvalue weighted by Crippen LogP contribution is -2.37. The molecule has 29 heavy (non-hydrogen) atoms. The van der Waals surface area contributed by atoms with E-state index in [-0.39, 0.29) is 23.5 Å². The molecule has 4 rings (SSSR count). The van der Waals surface area contributed by atoms with E-state index >= 15 is 0 Å². The maximum atomic E-state index is 14.0. The van der Waals surface area contributed by atoms with Crippen molar-refractivity contribution >= 4 is 23.3 Å². The molecule has 2 aromatic heterocycles. The number of nitrogens with zero attached hydrogens (tertiary/aromatic N) is 2. The molecule has 0 radical (unpaired) electrons. The summed E-state index contributed by atoms with van der Waals surface area (Å²) in [5.74, 6) is -2.84. The molecule has 2 heterocycles. The van der Waals surface area contributed by atoms with Crippen LogP contribution in [0.1, 0.15) is 53.0 Å². The summed E-state index contributed by atoms with van der Waals surface area (Å²) in [4.78, 5) is 29.8. The molecule has 1 aromatic carbocycles.